The zero-order chi connectivity index (χ0) is 25.5. The summed E-state index contributed by atoms with van der Waals surface area (Å²) < 4.78 is 20.9. The molecule has 2 aromatic carbocycles. The normalized spacial score (nSPS) is 19.2. The van der Waals surface area contributed by atoms with Crippen LogP contribution in [0.1, 0.15) is 68.4 Å². The second-order valence-corrected chi connectivity index (χ2v) is 12.0. The molecule has 2 amide bonds. The molecule has 1 fully saturated rings. The molecule has 5 rings (SSSR count). The smallest absolute Gasteiger partial charge is 0.458 e. The van der Waals surface area contributed by atoms with E-state index in [2.05, 4.69) is 49.9 Å². The predicted octanol–water partition coefficient (Wildman–Crippen LogP) is 6.14. The van der Waals surface area contributed by atoms with Gasteiger partial charge in [0.15, 0.2) is 0 Å². The number of anilines is 1. The van der Waals surface area contributed by atoms with Crippen molar-refractivity contribution >= 4 is 30.8 Å². The van der Waals surface area contributed by atoms with Crippen molar-refractivity contribution in [2.45, 2.75) is 95.1 Å². The van der Waals surface area contributed by atoms with Gasteiger partial charge in [-0.3, -0.25) is 4.72 Å². The molecule has 0 spiro atoms. The fourth-order valence-electron chi connectivity index (χ4n) is 5.58. The number of nitrogens with one attached hydrogen (secondary N) is 2. The van der Waals surface area contributed by atoms with E-state index in [9.17, 15) is 4.79 Å². The lowest BCUT2D eigenvalue weighted by atomic mass is 9.81. The molecule has 1 aliphatic heterocycles. The Morgan fingerprint density at radius 2 is 1.64 bits per heavy atom. The van der Waals surface area contributed by atoms with Crippen LogP contribution in [0.15, 0.2) is 29.2 Å². The summed E-state index contributed by atoms with van der Waals surface area (Å²) in [5.74, 6) is 0.829. The average Bonchev–Trinajstić information content (AvgIpc) is 3.54. The third kappa shape index (κ3) is 5.00. The second-order valence-electron chi connectivity index (χ2n) is 11.1. The van der Waals surface area contributed by atoms with Gasteiger partial charge in [0.25, 0.3) is 0 Å². The van der Waals surface area contributed by atoms with E-state index in [1.165, 1.54) is 47.0 Å². The van der Waals surface area contributed by atoms with Gasteiger partial charge in [-0.15, -0.1) is 0 Å². The molecular formula is C28H37BN2O4S. The first-order valence-corrected chi connectivity index (χ1v) is 13.9. The number of aryl methyl sites for hydroxylation is 3. The monoisotopic (exact) mass is 508 g/mol. The first kappa shape index (κ1) is 25.5. The minimum atomic E-state index is -0.338. The SMILES string of the molecule is COc1ccc(SNC(=O)Nc2c3c(cc4c2CCC4)CCC3)cc1CCB1OC(C)(C)C(C)(C)O1. The van der Waals surface area contributed by atoms with Crippen molar-refractivity contribution in [1.29, 1.82) is 0 Å². The van der Waals surface area contributed by atoms with Gasteiger partial charge >= 0.3 is 13.1 Å². The number of urea groups is 1. The van der Waals surface area contributed by atoms with Crippen LogP contribution in [0, 0.1) is 0 Å². The standard InChI is InChI=1S/C28H37BN2O4S/c1-27(2)28(3,4)35-29(34-27)15-14-20-17-21(12-13-24(20)33-5)36-31-26(32)30-25-22-10-6-8-18(22)16-19-9-7-11-23(19)25/h12-13,16-17H,6-11,14-15H2,1-5H3,(H2,30,31,32). The molecular weight excluding hydrogens is 471 g/mol. The van der Waals surface area contributed by atoms with Crippen molar-refractivity contribution in [3.63, 3.8) is 0 Å². The maximum absolute atomic E-state index is 12.9. The Morgan fingerprint density at radius 3 is 2.25 bits per heavy atom. The van der Waals surface area contributed by atoms with Gasteiger partial charge in [-0.05, 0) is 137 Å². The summed E-state index contributed by atoms with van der Waals surface area (Å²) in [6.07, 6.45) is 8.17. The molecule has 0 aromatic heterocycles. The van der Waals surface area contributed by atoms with Crippen molar-refractivity contribution in [3.8, 4) is 5.75 Å². The summed E-state index contributed by atoms with van der Waals surface area (Å²) in [5.41, 5.74) is 6.97. The van der Waals surface area contributed by atoms with Crippen LogP contribution in [0.4, 0.5) is 10.5 Å². The van der Waals surface area contributed by atoms with Crippen molar-refractivity contribution in [3.05, 3.63) is 52.1 Å². The zero-order valence-electron chi connectivity index (χ0n) is 22.1. The lowest BCUT2D eigenvalue weighted by molar-refractivity contribution is 0.00578. The summed E-state index contributed by atoms with van der Waals surface area (Å²) in [5, 5.41) is 3.20. The summed E-state index contributed by atoms with van der Waals surface area (Å²) in [6, 6.07) is 8.21. The molecule has 36 heavy (non-hydrogen) atoms. The number of hydrogen-bond donors (Lipinski definition) is 2. The number of methoxy groups -OCH3 is 1. The van der Waals surface area contributed by atoms with E-state index >= 15 is 0 Å². The van der Waals surface area contributed by atoms with Gasteiger partial charge in [-0.25, -0.2) is 4.79 Å². The van der Waals surface area contributed by atoms with Gasteiger partial charge in [-0.1, -0.05) is 6.07 Å². The average molecular weight is 508 g/mol. The molecule has 0 saturated carbocycles. The Balaban J connectivity index is 1.22. The molecule has 3 aliphatic rings. The molecule has 2 N–H and O–H groups in total. The minimum absolute atomic E-state index is 0.177. The van der Waals surface area contributed by atoms with Gasteiger partial charge in [-0.2, -0.15) is 0 Å². The molecule has 0 radical (unpaired) electrons. The second kappa shape index (κ2) is 9.95. The highest BCUT2D eigenvalue weighted by Crippen LogP contribution is 2.40. The van der Waals surface area contributed by atoms with Gasteiger partial charge < -0.3 is 19.4 Å². The zero-order valence-corrected chi connectivity index (χ0v) is 22.9. The van der Waals surface area contributed by atoms with Crippen LogP contribution in [0.2, 0.25) is 6.32 Å². The number of carbonyl (C=O) groups is 1. The number of carbonyl (C=O) groups excluding carboxylic acids is 1. The van der Waals surface area contributed by atoms with Gasteiger partial charge in [0.1, 0.15) is 5.75 Å². The number of amides is 2. The maximum Gasteiger partial charge on any atom is 0.458 e. The first-order valence-electron chi connectivity index (χ1n) is 13.1. The van der Waals surface area contributed by atoms with Crippen LogP contribution in [-0.2, 0) is 41.4 Å². The van der Waals surface area contributed by atoms with E-state index in [-0.39, 0.29) is 24.4 Å². The maximum atomic E-state index is 12.9. The van der Waals surface area contributed by atoms with Crippen molar-refractivity contribution in [2.75, 3.05) is 12.4 Å². The van der Waals surface area contributed by atoms with Crippen LogP contribution in [-0.4, -0.2) is 31.5 Å². The van der Waals surface area contributed by atoms with Crippen LogP contribution in [0.25, 0.3) is 0 Å². The van der Waals surface area contributed by atoms with E-state index in [1.807, 2.05) is 12.1 Å². The van der Waals surface area contributed by atoms with Crippen molar-refractivity contribution in [2.24, 2.45) is 0 Å². The third-order valence-corrected chi connectivity index (χ3v) is 8.95. The lowest BCUT2D eigenvalue weighted by Gasteiger charge is -2.32. The highest BCUT2D eigenvalue weighted by atomic mass is 32.2. The molecule has 1 saturated heterocycles. The molecule has 0 bridgehead atoms. The van der Waals surface area contributed by atoms with Gasteiger partial charge in [0, 0.05) is 10.6 Å². The van der Waals surface area contributed by atoms with Crippen molar-refractivity contribution < 1.29 is 18.8 Å². The molecule has 2 aromatic rings. The topological polar surface area (TPSA) is 68.8 Å². The molecule has 6 nitrogen and oxygen atoms in total. The van der Waals surface area contributed by atoms with E-state index in [1.54, 1.807) is 7.11 Å². The summed E-state index contributed by atoms with van der Waals surface area (Å²) in [4.78, 5) is 13.9. The highest BCUT2D eigenvalue weighted by Gasteiger charge is 2.50. The number of benzene rings is 2. The Morgan fingerprint density at radius 1 is 1.00 bits per heavy atom. The highest BCUT2D eigenvalue weighted by molar-refractivity contribution is 7.98. The Kier molecular flexibility index (Phi) is 7.05. The Hall–Kier alpha value is -2.16. The molecule has 8 heteroatoms. The predicted molar refractivity (Wildman–Crippen MR) is 146 cm³/mol. The van der Waals surface area contributed by atoms with Gasteiger partial charge in [0.2, 0.25) is 0 Å². The summed E-state index contributed by atoms with van der Waals surface area (Å²) in [6.45, 7) is 8.28. The minimum Gasteiger partial charge on any atom is -0.496 e. The van der Waals surface area contributed by atoms with Crippen LogP contribution in [0.3, 0.4) is 0 Å². The van der Waals surface area contributed by atoms with Crippen molar-refractivity contribution in [1.82, 2.24) is 4.72 Å². The molecule has 2 aliphatic carbocycles. The quantitative estimate of drug-likeness (QED) is 0.348. The number of hydrogen-bond acceptors (Lipinski definition) is 5. The first-order chi connectivity index (χ1) is 17.2. The van der Waals surface area contributed by atoms with Crippen LogP contribution >= 0.6 is 11.9 Å². The van der Waals surface area contributed by atoms with E-state index < -0.39 is 0 Å². The number of rotatable bonds is 7. The summed E-state index contributed by atoms with van der Waals surface area (Å²) >= 11 is 1.33. The van der Waals surface area contributed by atoms with Gasteiger partial charge in [0.05, 0.1) is 18.3 Å². The fraction of sp³-hybridized carbons (Fsp3) is 0.536. The van der Waals surface area contributed by atoms with Crippen LogP contribution < -0.4 is 14.8 Å². The van der Waals surface area contributed by atoms with Crippen LogP contribution in [0.5, 0.6) is 5.75 Å². The molecule has 1 heterocycles. The molecule has 0 unspecified atom stereocenters. The van der Waals surface area contributed by atoms with E-state index in [0.29, 0.717) is 0 Å². The van der Waals surface area contributed by atoms with E-state index in [0.717, 1.165) is 60.3 Å². The Bertz CT molecular complexity index is 1120. The van der Waals surface area contributed by atoms with E-state index in [4.69, 9.17) is 14.0 Å². The summed E-state index contributed by atoms with van der Waals surface area (Å²) in [7, 11) is 1.43. The Labute approximate surface area is 219 Å². The number of ether oxygens (including phenoxy) is 1. The fourth-order valence-corrected chi connectivity index (χ4v) is 6.18. The molecule has 0 atom stereocenters. The number of fused-ring (bicyclic) bond motifs is 2. The third-order valence-electron chi connectivity index (χ3n) is 8.18. The largest absolute Gasteiger partial charge is 0.496 e. The lowest BCUT2D eigenvalue weighted by Crippen LogP contribution is -2.41. The molecule has 192 valence electrons.